The highest BCUT2D eigenvalue weighted by molar-refractivity contribution is 6.00. The van der Waals surface area contributed by atoms with E-state index in [-0.39, 0.29) is 17.9 Å². The van der Waals surface area contributed by atoms with Crippen LogP contribution in [0.4, 0.5) is 0 Å². The van der Waals surface area contributed by atoms with Gasteiger partial charge in [-0.05, 0) is 32.6 Å². The van der Waals surface area contributed by atoms with E-state index in [9.17, 15) is 9.59 Å². The van der Waals surface area contributed by atoms with Crippen LogP contribution in [-0.4, -0.2) is 30.1 Å². The van der Waals surface area contributed by atoms with Gasteiger partial charge in [-0.2, -0.15) is 0 Å². The molecule has 16 heavy (non-hydrogen) atoms. The van der Waals surface area contributed by atoms with Crippen LogP contribution in [0.25, 0.3) is 0 Å². The molecule has 1 aliphatic heterocycles. The Morgan fingerprint density at radius 2 is 2.38 bits per heavy atom. The molecule has 2 saturated carbocycles. The van der Waals surface area contributed by atoms with Gasteiger partial charge >= 0.3 is 5.97 Å². The van der Waals surface area contributed by atoms with Gasteiger partial charge in [-0.1, -0.05) is 0 Å². The quantitative estimate of drug-likeness (QED) is 0.522. The van der Waals surface area contributed by atoms with Crippen molar-refractivity contribution >= 4 is 11.8 Å². The van der Waals surface area contributed by atoms with Crippen molar-refractivity contribution in [3.05, 3.63) is 0 Å². The normalized spacial score (nSPS) is 44.8. The Labute approximate surface area is 94.3 Å². The van der Waals surface area contributed by atoms with Crippen LogP contribution in [0.2, 0.25) is 0 Å². The number of rotatable bonds is 2. The van der Waals surface area contributed by atoms with Crippen LogP contribution < -0.4 is 0 Å². The first-order valence-electron chi connectivity index (χ1n) is 6.06. The third-order valence-electron chi connectivity index (χ3n) is 4.36. The molecule has 1 heterocycles. The van der Waals surface area contributed by atoms with Gasteiger partial charge in [0.2, 0.25) is 0 Å². The van der Waals surface area contributed by atoms with Gasteiger partial charge in [-0.15, -0.1) is 0 Å². The molecule has 3 fully saturated rings. The molecule has 2 aliphatic carbocycles. The lowest BCUT2D eigenvalue weighted by molar-refractivity contribution is -0.166. The summed E-state index contributed by atoms with van der Waals surface area (Å²) in [5.41, 5.74) is -1.43. The summed E-state index contributed by atoms with van der Waals surface area (Å²) >= 11 is 0. The number of carbonyl (C=O) groups excluding carboxylic acids is 2. The molecule has 0 radical (unpaired) electrons. The van der Waals surface area contributed by atoms with Gasteiger partial charge in [0, 0.05) is 6.42 Å². The van der Waals surface area contributed by atoms with Crippen LogP contribution >= 0.6 is 0 Å². The molecule has 0 bridgehead atoms. The first-order valence-corrected chi connectivity index (χ1v) is 6.06. The average molecular weight is 224 g/mol. The van der Waals surface area contributed by atoms with Crippen molar-refractivity contribution in [2.24, 2.45) is 5.41 Å². The molecule has 1 spiro atoms. The maximum Gasteiger partial charge on any atom is 0.315 e. The van der Waals surface area contributed by atoms with E-state index < -0.39 is 11.0 Å². The minimum absolute atomic E-state index is 0.00953. The Balaban J connectivity index is 1.98. The van der Waals surface area contributed by atoms with E-state index in [1.807, 2.05) is 0 Å². The molecule has 0 unspecified atom stereocenters. The topological polar surface area (TPSA) is 55.9 Å². The van der Waals surface area contributed by atoms with Gasteiger partial charge in [0.05, 0.1) is 12.7 Å². The van der Waals surface area contributed by atoms with Crippen molar-refractivity contribution in [3.63, 3.8) is 0 Å². The van der Waals surface area contributed by atoms with Gasteiger partial charge in [-0.3, -0.25) is 9.59 Å². The fourth-order valence-corrected chi connectivity index (χ4v) is 3.62. The molecule has 88 valence electrons. The van der Waals surface area contributed by atoms with Crippen molar-refractivity contribution in [1.82, 2.24) is 0 Å². The summed E-state index contributed by atoms with van der Waals surface area (Å²) in [6, 6.07) is 0. The fourth-order valence-electron chi connectivity index (χ4n) is 3.62. The average Bonchev–Trinajstić information content (AvgIpc) is 2.90. The smallest absolute Gasteiger partial charge is 0.315 e. The highest BCUT2D eigenvalue weighted by atomic mass is 16.6. The Morgan fingerprint density at radius 1 is 1.56 bits per heavy atom. The van der Waals surface area contributed by atoms with Gasteiger partial charge < -0.3 is 9.47 Å². The molecule has 3 rings (SSSR count). The van der Waals surface area contributed by atoms with Crippen LogP contribution in [0.1, 0.15) is 39.0 Å². The molecule has 0 N–H and O–H groups in total. The summed E-state index contributed by atoms with van der Waals surface area (Å²) in [4.78, 5) is 24.1. The molecule has 0 aromatic heterocycles. The Kier molecular flexibility index (Phi) is 1.97. The largest absolute Gasteiger partial charge is 0.465 e. The zero-order chi connectivity index (χ0) is 11.4. The Hall–Kier alpha value is -0.900. The summed E-state index contributed by atoms with van der Waals surface area (Å²) in [7, 11) is 0. The van der Waals surface area contributed by atoms with Gasteiger partial charge in [0.1, 0.15) is 5.41 Å². The molecule has 3 aliphatic rings. The van der Waals surface area contributed by atoms with Gasteiger partial charge in [0.15, 0.2) is 11.4 Å². The molecule has 1 saturated heterocycles. The van der Waals surface area contributed by atoms with E-state index >= 15 is 0 Å². The van der Waals surface area contributed by atoms with E-state index in [2.05, 4.69) is 0 Å². The van der Waals surface area contributed by atoms with Gasteiger partial charge in [0.25, 0.3) is 0 Å². The predicted octanol–water partition coefficient (Wildman–Crippen LogP) is 1.22. The van der Waals surface area contributed by atoms with Crippen LogP contribution in [0.3, 0.4) is 0 Å². The van der Waals surface area contributed by atoms with Crippen molar-refractivity contribution in [1.29, 1.82) is 0 Å². The summed E-state index contributed by atoms with van der Waals surface area (Å²) < 4.78 is 10.7. The molecule has 0 aromatic carbocycles. The lowest BCUT2D eigenvalue weighted by Gasteiger charge is -2.36. The minimum atomic E-state index is -0.780. The maximum atomic E-state index is 12.1. The molecular weight excluding hydrogens is 208 g/mol. The number of ether oxygens (including phenoxy) is 2. The Morgan fingerprint density at radius 3 is 3.06 bits per heavy atom. The van der Waals surface area contributed by atoms with Crippen molar-refractivity contribution in [3.8, 4) is 0 Å². The van der Waals surface area contributed by atoms with E-state index in [1.54, 1.807) is 6.92 Å². The first-order chi connectivity index (χ1) is 7.67. The molecule has 0 aromatic rings. The minimum Gasteiger partial charge on any atom is -0.465 e. The van der Waals surface area contributed by atoms with E-state index in [0.717, 1.165) is 25.7 Å². The van der Waals surface area contributed by atoms with Crippen LogP contribution in [0, 0.1) is 5.41 Å². The molecular formula is C12H16O4. The summed E-state index contributed by atoms with van der Waals surface area (Å²) in [6.07, 6.45) is 3.65. The number of epoxide rings is 1. The second-order valence-electron chi connectivity index (χ2n) is 4.96. The van der Waals surface area contributed by atoms with E-state index in [0.29, 0.717) is 13.0 Å². The van der Waals surface area contributed by atoms with Crippen molar-refractivity contribution in [2.45, 2.75) is 50.7 Å². The standard InChI is InChI=1S/C12H16O4/c1-2-15-10(14)11-6-3-4-8(13)12(11)9(16-12)5-7-11/h9H,2-7H2,1H3/t9-,11-,12-/m1/s1. The zero-order valence-electron chi connectivity index (χ0n) is 9.45. The maximum absolute atomic E-state index is 12.1. The highest BCUT2D eigenvalue weighted by Gasteiger charge is 2.80. The third-order valence-corrected chi connectivity index (χ3v) is 4.36. The van der Waals surface area contributed by atoms with Gasteiger partial charge in [-0.25, -0.2) is 0 Å². The van der Waals surface area contributed by atoms with Crippen LogP contribution in [0.5, 0.6) is 0 Å². The molecule has 3 atom stereocenters. The monoisotopic (exact) mass is 224 g/mol. The molecule has 4 nitrogen and oxygen atoms in total. The number of Topliss-reactive ketones (excluding diaryl/α,β-unsaturated/α-hetero) is 1. The SMILES string of the molecule is CCOC(=O)[C@]12CCCC(=O)[C@]13O[C@@H]3CC2. The van der Waals surface area contributed by atoms with Crippen molar-refractivity contribution < 1.29 is 19.1 Å². The number of carbonyl (C=O) groups is 2. The summed E-state index contributed by atoms with van der Waals surface area (Å²) in [6.45, 7) is 2.17. The number of hydrogen-bond acceptors (Lipinski definition) is 4. The highest BCUT2D eigenvalue weighted by Crippen LogP contribution is 2.66. The third kappa shape index (κ3) is 0.943. The summed E-state index contributed by atoms with van der Waals surface area (Å²) in [5, 5.41) is 0. The van der Waals surface area contributed by atoms with Crippen LogP contribution in [-0.2, 0) is 19.1 Å². The number of ketones is 1. The first kappa shape index (κ1) is 10.3. The van der Waals surface area contributed by atoms with Crippen LogP contribution in [0.15, 0.2) is 0 Å². The number of hydrogen-bond donors (Lipinski definition) is 0. The zero-order valence-corrected chi connectivity index (χ0v) is 9.45. The molecule has 0 amide bonds. The molecule has 4 heteroatoms. The predicted molar refractivity (Wildman–Crippen MR) is 54.8 cm³/mol. The fraction of sp³-hybridized carbons (Fsp3) is 0.833. The van der Waals surface area contributed by atoms with Crippen molar-refractivity contribution in [2.75, 3.05) is 6.61 Å². The second kappa shape index (κ2) is 3.06. The second-order valence-corrected chi connectivity index (χ2v) is 4.96. The van der Waals surface area contributed by atoms with E-state index in [1.165, 1.54) is 0 Å². The Bertz CT molecular complexity index is 364. The lowest BCUT2D eigenvalue weighted by atomic mass is 9.66. The van der Waals surface area contributed by atoms with E-state index in [4.69, 9.17) is 9.47 Å². The number of esters is 1. The lowest BCUT2D eigenvalue weighted by Crippen LogP contribution is -2.51. The summed E-state index contributed by atoms with van der Waals surface area (Å²) in [5.74, 6) is -0.0997.